The number of aliphatic carboxylic acids is 2. The highest BCUT2D eigenvalue weighted by Crippen LogP contribution is 1.80. The summed E-state index contributed by atoms with van der Waals surface area (Å²) in [6.45, 7) is 1.62. The molecule has 0 saturated heterocycles. The molecule has 0 bridgehead atoms. The SMILES string of the molecule is CCOC(=O)/C=C/C(=O)O.NCC(=O)O. The number of carboxylic acids is 2. The molecule has 0 aliphatic carbocycles. The highest BCUT2D eigenvalue weighted by molar-refractivity contribution is 5.90. The van der Waals surface area contributed by atoms with Gasteiger partial charge < -0.3 is 20.7 Å². The summed E-state index contributed by atoms with van der Waals surface area (Å²) in [6, 6.07) is 0. The van der Waals surface area contributed by atoms with Crippen LogP contribution in [-0.2, 0) is 19.1 Å². The second-order valence-corrected chi connectivity index (χ2v) is 2.02. The fraction of sp³-hybridized carbons (Fsp3) is 0.375. The molecular weight excluding hydrogens is 206 g/mol. The predicted octanol–water partition coefficient (Wildman–Crippen LogP) is -0.780. The van der Waals surface area contributed by atoms with Gasteiger partial charge in [0.05, 0.1) is 13.2 Å². The first-order valence-electron chi connectivity index (χ1n) is 3.93. The van der Waals surface area contributed by atoms with E-state index in [1.807, 2.05) is 0 Å². The molecule has 15 heavy (non-hydrogen) atoms. The Hall–Kier alpha value is -1.89. The van der Waals surface area contributed by atoms with Crippen LogP contribution in [0.3, 0.4) is 0 Å². The third-order valence-corrected chi connectivity index (χ3v) is 0.823. The van der Waals surface area contributed by atoms with Gasteiger partial charge in [-0.3, -0.25) is 4.79 Å². The Morgan fingerprint density at radius 3 is 2.00 bits per heavy atom. The maximum absolute atomic E-state index is 10.4. The van der Waals surface area contributed by atoms with Gasteiger partial charge in [0.25, 0.3) is 0 Å². The molecule has 0 aliphatic rings. The Morgan fingerprint density at radius 2 is 1.73 bits per heavy atom. The van der Waals surface area contributed by atoms with Gasteiger partial charge in [-0.05, 0) is 6.92 Å². The summed E-state index contributed by atoms with van der Waals surface area (Å²) >= 11 is 0. The number of hydrogen-bond donors (Lipinski definition) is 3. The average Bonchev–Trinajstić information content (AvgIpc) is 2.16. The molecule has 0 aromatic rings. The molecule has 0 unspecified atom stereocenters. The van der Waals surface area contributed by atoms with E-state index in [0.29, 0.717) is 0 Å². The van der Waals surface area contributed by atoms with Gasteiger partial charge in [0.15, 0.2) is 0 Å². The van der Waals surface area contributed by atoms with Crippen molar-refractivity contribution >= 4 is 17.9 Å². The first kappa shape index (κ1) is 15.6. The van der Waals surface area contributed by atoms with Crippen molar-refractivity contribution in [2.24, 2.45) is 5.73 Å². The smallest absolute Gasteiger partial charge is 0.330 e. The largest absolute Gasteiger partial charge is 0.480 e. The number of ether oxygens (including phenoxy) is 1. The van der Waals surface area contributed by atoms with Crippen molar-refractivity contribution in [2.45, 2.75) is 6.92 Å². The third kappa shape index (κ3) is 18.8. The number of hydrogen-bond acceptors (Lipinski definition) is 5. The third-order valence-electron chi connectivity index (χ3n) is 0.823. The van der Waals surface area contributed by atoms with E-state index in [2.05, 4.69) is 10.5 Å². The van der Waals surface area contributed by atoms with Crippen LogP contribution in [0.5, 0.6) is 0 Å². The Kier molecular flexibility index (Phi) is 10.6. The lowest BCUT2D eigenvalue weighted by molar-refractivity contribution is -0.138. The van der Waals surface area contributed by atoms with Crippen molar-refractivity contribution < 1.29 is 29.3 Å². The first-order chi connectivity index (χ1) is 6.93. The minimum absolute atomic E-state index is 0.253. The van der Waals surface area contributed by atoms with Gasteiger partial charge >= 0.3 is 17.9 Å². The van der Waals surface area contributed by atoms with Gasteiger partial charge in [-0.15, -0.1) is 0 Å². The second-order valence-electron chi connectivity index (χ2n) is 2.02. The van der Waals surface area contributed by atoms with Crippen molar-refractivity contribution in [2.75, 3.05) is 13.2 Å². The average molecular weight is 219 g/mol. The van der Waals surface area contributed by atoms with E-state index in [-0.39, 0.29) is 13.2 Å². The Bertz CT molecular complexity index is 248. The fourth-order valence-electron chi connectivity index (χ4n) is 0.330. The zero-order chi connectivity index (χ0) is 12.3. The Morgan fingerprint density at radius 1 is 1.27 bits per heavy atom. The van der Waals surface area contributed by atoms with E-state index in [0.717, 1.165) is 12.2 Å². The Labute approximate surface area is 86.1 Å². The molecule has 86 valence electrons. The molecule has 0 rings (SSSR count). The molecule has 0 amide bonds. The summed E-state index contributed by atoms with van der Waals surface area (Å²) in [6.07, 6.45) is 1.60. The maximum atomic E-state index is 10.4. The summed E-state index contributed by atoms with van der Waals surface area (Å²) < 4.78 is 4.40. The molecule has 7 nitrogen and oxygen atoms in total. The summed E-state index contributed by atoms with van der Waals surface area (Å²) in [5, 5.41) is 15.6. The van der Waals surface area contributed by atoms with Crippen LogP contribution in [-0.4, -0.2) is 41.3 Å². The van der Waals surface area contributed by atoms with E-state index < -0.39 is 17.9 Å². The predicted molar refractivity (Wildman–Crippen MR) is 50.1 cm³/mol. The van der Waals surface area contributed by atoms with Crippen LogP contribution < -0.4 is 5.73 Å². The number of carboxylic acid groups (broad SMARTS) is 2. The van der Waals surface area contributed by atoms with E-state index >= 15 is 0 Å². The van der Waals surface area contributed by atoms with Crippen molar-refractivity contribution in [3.8, 4) is 0 Å². The standard InChI is InChI=1S/C6H8O4.C2H5NO2/c1-2-10-6(9)4-3-5(7)8;3-1-2(4)5/h3-4H,2H2,1H3,(H,7,8);1,3H2,(H,4,5)/b4-3+;. The molecule has 7 heteroatoms. The number of nitrogens with two attached hydrogens (primary N) is 1. The van der Waals surface area contributed by atoms with Gasteiger partial charge in [0.2, 0.25) is 0 Å². The highest BCUT2D eigenvalue weighted by atomic mass is 16.5. The van der Waals surface area contributed by atoms with Gasteiger partial charge in [-0.2, -0.15) is 0 Å². The van der Waals surface area contributed by atoms with Crippen molar-refractivity contribution in [3.63, 3.8) is 0 Å². The zero-order valence-corrected chi connectivity index (χ0v) is 8.17. The summed E-state index contributed by atoms with van der Waals surface area (Å²) in [4.78, 5) is 29.4. The van der Waals surface area contributed by atoms with Crippen LogP contribution in [0.2, 0.25) is 0 Å². The van der Waals surface area contributed by atoms with Gasteiger partial charge in [-0.25, -0.2) is 9.59 Å². The monoisotopic (exact) mass is 219 g/mol. The Balaban J connectivity index is 0. The molecule has 0 spiro atoms. The minimum atomic E-state index is -1.16. The van der Waals surface area contributed by atoms with Gasteiger partial charge in [0, 0.05) is 12.2 Å². The van der Waals surface area contributed by atoms with E-state index in [1.54, 1.807) is 6.92 Å². The number of carbonyl (C=O) groups excluding carboxylic acids is 1. The van der Waals surface area contributed by atoms with Crippen molar-refractivity contribution in [1.29, 1.82) is 0 Å². The molecule has 0 aromatic heterocycles. The summed E-state index contributed by atoms with van der Waals surface area (Å²) in [7, 11) is 0. The minimum Gasteiger partial charge on any atom is -0.480 e. The second kappa shape index (κ2) is 10.2. The number of carbonyl (C=O) groups is 3. The molecular formula is C8H13NO6. The topological polar surface area (TPSA) is 127 Å². The maximum Gasteiger partial charge on any atom is 0.330 e. The lowest BCUT2D eigenvalue weighted by atomic mass is 10.5. The van der Waals surface area contributed by atoms with Gasteiger partial charge in [-0.1, -0.05) is 0 Å². The van der Waals surface area contributed by atoms with Crippen LogP contribution in [0.4, 0.5) is 0 Å². The van der Waals surface area contributed by atoms with Crippen LogP contribution in [0, 0.1) is 0 Å². The molecule has 0 fully saturated rings. The summed E-state index contributed by atoms with van der Waals surface area (Å²) in [5.41, 5.74) is 4.57. The zero-order valence-electron chi connectivity index (χ0n) is 8.17. The highest BCUT2D eigenvalue weighted by Gasteiger charge is 1.94. The van der Waals surface area contributed by atoms with Crippen molar-refractivity contribution in [1.82, 2.24) is 0 Å². The first-order valence-corrected chi connectivity index (χ1v) is 3.93. The fourth-order valence-corrected chi connectivity index (χ4v) is 0.330. The molecule has 0 aromatic carbocycles. The van der Waals surface area contributed by atoms with Gasteiger partial charge in [0.1, 0.15) is 0 Å². The van der Waals surface area contributed by atoms with Crippen LogP contribution >= 0.6 is 0 Å². The lowest BCUT2D eigenvalue weighted by Gasteiger charge is -1.92. The summed E-state index contributed by atoms with van der Waals surface area (Å²) in [5.74, 6) is -2.76. The van der Waals surface area contributed by atoms with Crippen LogP contribution in [0.15, 0.2) is 12.2 Å². The van der Waals surface area contributed by atoms with E-state index in [9.17, 15) is 14.4 Å². The normalized spacial score (nSPS) is 8.93. The number of esters is 1. The van der Waals surface area contributed by atoms with Crippen LogP contribution in [0.1, 0.15) is 6.92 Å². The van der Waals surface area contributed by atoms with Crippen molar-refractivity contribution in [3.05, 3.63) is 12.2 Å². The molecule has 0 saturated carbocycles. The molecule has 0 atom stereocenters. The molecule has 0 heterocycles. The molecule has 4 N–H and O–H groups in total. The number of rotatable bonds is 4. The lowest BCUT2D eigenvalue weighted by Crippen LogP contribution is -2.10. The molecule has 0 radical (unpaired) electrons. The van der Waals surface area contributed by atoms with E-state index in [1.165, 1.54) is 0 Å². The molecule has 0 aliphatic heterocycles. The van der Waals surface area contributed by atoms with E-state index in [4.69, 9.17) is 10.2 Å². The quantitative estimate of drug-likeness (QED) is 0.418. The van der Waals surface area contributed by atoms with Crippen LogP contribution in [0.25, 0.3) is 0 Å².